The summed E-state index contributed by atoms with van der Waals surface area (Å²) in [5, 5.41) is 0. The van der Waals surface area contributed by atoms with E-state index in [0.29, 0.717) is 23.1 Å². The summed E-state index contributed by atoms with van der Waals surface area (Å²) in [5.41, 5.74) is 3.59. The minimum absolute atomic E-state index is 0.316. The van der Waals surface area contributed by atoms with E-state index in [9.17, 15) is 8.78 Å². The quantitative estimate of drug-likeness (QED) is 0.152. The average Bonchev–Trinajstić information content (AvgIpc) is 2.95. The van der Waals surface area contributed by atoms with Gasteiger partial charge in [0.25, 0.3) is 0 Å². The first-order valence-electron chi connectivity index (χ1n) is 14.9. The van der Waals surface area contributed by atoms with E-state index >= 15 is 0 Å². The van der Waals surface area contributed by atoms with Crippen molar-refractivity contribution in [3.05, 3.63) is 77.9 Å². The lowest BCUT2D eigenvalue weighted by atomic mass is 9.97. The molecule has 0 spiro atoms. The molecule has 3 aromatic carbocycles. The molecule has 3 aromatic rings. The van der Waals surface area contributed by atoms with E-state index in [1.165, 1.54) is 64.2 Å². The van der Waals surface area contributed by atoms with Gasteiger partial charge in [-0.05, 0) is 53.6 Å². The molecule has 0 amide bonds. The van der Waals surface area contributed by atoms with Gasteiger partial charge >= 0.3 is 0 Å². The highest BCUT2D eigenvalue weighted by Gasteiger charge is 2.15. The van der Waals surface area contributed by atoms with Crippen LogP contribution in [-0.4, -0.2) is 6.61 Å². The van der Waals surface area contributed by atoms with Gasteiger partial charge in [-0.2, -0.15) is 0 Å². The van der Waals surface area contributed by atoms with E-state index in [2.05, 4.69) is 13.8 Å². The topological polar surface area (TPSA) is 9.23 Å². The van der Waals surface area contributed by atoms with E-state index in [1.54, 1.807) is 12.1 Å². The minimum atomic E-state index is -0.744. The van der Waals surface area contributed by atoms with Crippen LogP contribution in [0, 0.1) is 11.6 Å². The molecule has 0 aliphatic carbocycles. The second-order valence-corrected chi connectivity index (χ2v) is 10.5. The predicted molar refractivity (Wildman–Crippen MR) is 158 cm³/mol. The third-order valence-corrected chi connectivity index (χ3v) is 7.36. The Morgan fingerprint density at radius 3 is 1.61 bits per heavy atom. The van der Waals surface area contributed by atoms with E-state index in [1.807, 2.05) is 48.5 Å². The summed E-state index contributed by atoms with van der Waals surface area (Å²) in [4.78, 5) is 0. The molecule has 0 bridgehead atoms. The molecule has 0 atom stereocenters. The van der Waals surface area contributed by atoms with Gasteiger partial charge < -0.3 is 4.74 Å². The Morgan fingerprint density at radius 1 is 0.500 bits per heavy atom. The van der Waals surface area contributed by atoms with Gasteiger partial charge in [0.2, 0.25) is 0 Å². The van der Waals surface area contributed by atoms with E-state index in [4.69, 9.17) is 4.74 Å². The number of hydrogen-bond acceptors (Lipinski definition) is 1. The van der Waals surface area contributed by atoms with E-state index in [0.717, 1.165) is 42.7 Å². The third kappa shape index (κ3) is 9.57. The second kappa shape index (κ2) is 17.0. The summed E-state index contributed by atoms with van der Waals surface area (Å²) in [5.74, 6) is -0.569. The molecule has 0 saturated heterocycles. The first-order valence-corrected chi connectivity index (χ1v) is 14.9. The lowest BCUT2D eigenvalue weighted by Crippen LogP contribution is -1.98. The van der Waals surface area contributed by atoms with Crippen LogP contribution in [-0.2, 0) is 6.42 Å². The molecule has 0 aliphatic rings. The lowest BCUT2D eigenvalue weighted by molar-refractivity contribution is 0.306. The maximum absolute atomic E-state index is 15.0. The van der Waals surface area contributed by atoms with Gasteiger partial charge in [0.05, 0.1) is 6.61 Å². The number of benzene rings is 3. The molecule has 3 heteroatoms. The molecule has 206 valence electrons. The molecular formula is C35H46F2O. The van der Waals surface area contributed by atoms with Crippen LogP contribution in [0.15, 0.2) is 60.7 Å². The van der Waals surface area contributed by atoms with Crippen LogP contribution >= 0.6 is 0 Å². The standard InChI is InChI=1S/C35H46F2O/c1-3-5-7-8-9-10-11-12-13-14-16-31-23-26-33(35(37)34(31)36)30-19-17-28(18-20-30)29-21-24-32(25-22-29)38-27-15-6-4-2/h17-26H,3-16,27H2,1-2H3. The molecule has 0 fully saturated rings. The molecular weight excluding hydrogens is 474 g/mol. The normalized spacial score (nSPS) is 11.2. The predicted octanol–water partition coefficient (Wildman–Crippen LogP) is 11.3. The van der Waals surface area contributed by atoms with Crippen molar-refractivity contribution in [2.45, 2.75) is 104 Å². The van der Waals surface area contributed by atoms with Crippen molar-refractivity contribution in [1.82, 2.24) is 0 Å². The van der Waals surface area contributed by atoms with Crippen LogP contribution in [0.2, 0.25) is 0 Å². The molecule has 0 aliphatic heterocycles. The van der Waals surface area contributed by atoms with Crippen molar-refractivity contribution in [2.75, 3.05) is 6.61 Å². The van der Waals surface area contributed by atoms with Gasteiger partial charge in [-0.3, -0.25) is 0 Å². The number of rotatable bonds is 18. The van der Waals surface area contributed by atoms with E-state index in [-0.39, 0.29) is 0 Å². The van der Waals surface area contributed by atoms with Gasteiger partial charge in [0.1, 0.15) is 5.75 Å². The monoisotopic (exact) mass is 520 g/mol. The smallest absolute Gasteiger partial charge is 0.166 e. The molecule has 3 rings (SSSR count). The Morgan fingerprint density at radius 2 is 1.00 bits per heavy atom. The van der Waals surface area contributed by atoms with Crippen LogP contribution in [0.25, 0.3) is 22.3 Å². The van der Waals surface area contributed by atoms with Crippen LogP contribution in [0.1, 0.15) is 103 Å². The van der Waals surface area contributed by atoms with Crippen molar-refractivity contribution in [3.8, 4) is 28.0 Å². The zero-order valence-corrected chi connectivity index (χ0v) is 23.5. The summed E-state index contributed by atoms with van der Waals surface area (Å²) in [6, 6.07) is 19.2. The Kier molecular flexibility index (Phi) is 13.4. The molecule has 0 aromatic heterocycles. The van der Waals surface area contributed by atoms with Crippen LogP contribution in [0.3, 0.4) is 0 Å². The molecule has 1 nitrogen and oxygen atoms in total. The van der Waals surface area contributed by atoms with Crippen molar-refractivity contribution in [3.63, 3.8) is 0 Å². The number of ether oxygens (including phenoxy) is 1. The van der Waals surface area contributed by atoms with Gasteiger partial charge in [-0.25, -0.2) is 8.78 Å². The van der Waals surface area contributed by atoms with Crippen LogP contribution < -0.4 is 4.74 Å². The van der Waals surface area contributed by atoms with Crippen molar-refractivity contribution < 1.29 is 13.5 Å². The summed E-state index contributed by atoms with van der Waals surface area (Å²) >= 11 is 0. The van der Waals surface area contributed by atoms with Crippen molar-refractivity contribution >= 4 is 0 Å². The highest BCUT2D eigenvalue weighted by atomic mass is 19.2. The van der Waals surface area contributed by atoms with Crippen LogP contribution in [0.5, 0.6) is 5.75 Å². The molecule has 0 radical (unpaired) electrons. The summed E-state index contributed by atoms with van der Waals surface area (Å²) in [7, 11) is 0. The Balaban J connectivity index is 1.48. The van der Waals surface area contributed by atoms with E-state index < -0.39 is 11.6 Å². The molecule has 0 N–H and O–H groups in total. The Labute approximate surface area is 229 Å². The van der Waals surface area contributed by atoms with Gasteiger partial charge in [-0.1, -0.05) is 133 Å². The molecule has 38 heavy (non-hydrogen) atoms. The summed E-state index contributed by atoms with van der Waals surface area (Å²) in [6.07, 6.45) is 16.4. The number of aryl methyl sites for hydroxylation is 1. The Bertz CT molecular complexity index is 1060. The van der Waals surface area contributed by atoms with Gasteiger partial charge in [0, 0.05) is 5.56 Å². The SMILES string of the molecule is CCCCCCCCCCCCc1ccc(-c2ccc(-c3ccc(OCCCCC)cc3)cc2)c(F)c1F. The molecule has 0 heterocycles. The first kappa shape index (κ1) is 29.9. The highest BCUT2D eigenvalue weighted by Crippen LogP contribution is 2.30. The van der Waals surface area contributed by atoms with Crippen LogP contribution in [0.4, 0.5) is 8.78 Å². The van der Waals surface area contributed by atoms with Crippen molar-refractivity contribution in [2.24, 2.45) is 0 Å². The lowest BCUT2D eigenvalue weighted by Gasteiger charge is -2.10. The van der Waals surface area contributed by atoms with Gasteiger partial charge in [0.15, 0.2) is 11.6 Å². The van der Waals surface area contributed by atoms with Crippen molar-refractivity contribution in [1.29, 1.82) is 0 Å². The minimum Gasteiger partial charge on any atom is -0.494 e. The fourth-order valence-corrected chi connectivity index (χ4v) is 4.94. The molecule has 0 unspecified atom stereocenters. The maximum atomic E-state index is 15.0. The first-order chi connectivity index (χ1) is 18.6. The molecule has 0 saturated carbocycles. The summed E-state index contributed by atoms with van der Waals surface area (Å²) < 4.78 is 35.6. The highest BCUT2D eigenvalue weighted by molar-refractivity contribution is 5.71. The zero-order valence-electron chi connectivity index (χ0n) is 23.5. The summed E-state index contributed by atoms with van der Waals surface area (Å²) in [6.45, 7) is 5.16. The second-order valence-electron chi connectivity index (χ2n) is 10.5. The fraction of sp³-hybridized carbons (Fsp3) is 0.486. The number of unbranched alkanes of at least 4 members (excludes halogenated alkanes) is 11. The van der Waals surface area contributed by atoms with Gasteiger partial charge in [-0.15, -0.1) is 0 Å². The zero-order chi connectivity index (χ0) is 27.0. The fourth-order valence-electron chi connectivity index (χ4n) is 4.94. The number of hydrogen-bond donors (Lipinski definition) is 0. The third-order valence-electron chi connectivity index (χ3n) is 7.36. The maximum Gasteiger partial charge on any atom is 0.166 e. The number of halogens is 2. The largest absolute Gasteiger partial charge is 0.494 e. The average molecular weight is 521 g/mol. The Hall–Kier alpha value is -2.68.